The van der Waals surface area contributed by atoms with Crippen LogP contribution in [0, 0.1) is 0 Å². The number of hydrogen-bond acceptors (Lipinski definition) is 5. The van der Waals surface area contributed by atoms with E-state index in [1.807, 2.05) is 30.3 Å². The molecule has 7 nitrogen and oxygen atoms in total. The number of nitrogens with zero attached hydrogens (tertiary/aromatic N) is 2. The number of carbonyl (C=O) groups is 1. The molecule has 0 radical (unpaired) electrons. The van der Waals surface area contributed by atoms with Crippen LogP contribution in [0.15, 0.2) is 82.5 Å². The van der Waals surface area contributed by atoms with Gasteiger partial charge in [0, 0.05) is 31.1 Å². The first-order valence-electron chi connectivity index (χ1n) is 9.64. The van der Waals surface area contributed by atoms with Crippen molar-refractivity contribution in [2.24, 2.45) is 0 Å². The molecular formula is C22H23N3O4S. The second kappa shape index (κ2) is 9.98. The monoisotopic (exact) mass is 425 g/mol. The molecular weight excluding hydrogens is 402 g/mol. The summed E-state index contributed by atoms with van der Waals surface area (Å²) in [6.07, 6.45) is 0.390. The molecule has 2 aromatic carbocycles. The first kappa shape index (κ1) is 21.4. The summed E-state index contributed by atoms with van der Waals surface area (Å²) >= 11 is 0. The number of rotatable bonds is 9. The van der Waals surface area contributed by atoms with Crippen molar-refractivity contribution >= 4 is 15.7 Å². The van der Waals surface area contributed by atoms with Gasteiger partial charge in [0.15, 0.2) is 9.84 Å². The topological polar surface area (TPSA) is 98.1 Å². The third-order valence-corrected chi connectivity index (χ3v) is 6.24. The maximum Gasteiger partial charge on any atom is 0.266 e. The summed E-state index contributed by atoms with van der Waals surface area (Å²) in [7, 11) is -3.48. The number of aryl methyl sites for hydroxylation is 1. The van der Waals surface area contributed by atoms with Crippen LogP contribution in [-0.2, 0) is 21.2 Å². The lowest BCUT2D eigenvalue weighted by Gasteiger charge is -2.09. The zero-order valence-electron chi connectivity index (χ0n) is 16.4. The summed E-state index contributed by atoms with van der Waals surface area (Å²) in [5.74, 6) is -0.587. The highest BCUT2D eigenvalue weighted by Gasteiger charge is 2.15. The van der Waals surface area contributed by atoms with Crippen molar-refractivity contribution in [1.82, 2.24) is 15.1 Å². The molecule has 0 unspecified atom stereocenters. The Labute approximate surface area is 175 Å². The van der Waals surface area contributed by atoms with Gasteiger partial charge in [-0.25, -0.2) is 13.1 Å². The average Bonchev–Trinajstić information content (AvgIpc) is 2.77. The van der Waals surface area contributed by atoms with Gasteiger partial charge in [-0.2, -0.15) is 5.10 Å². The molecule has 1 heterocycles. The smallest absolute Gasteiger partial charge is 0.266 e. The predicted octanol–water partition coefficient (Wildman–Crippen LogP) is 2.28. The number of nitrogens with one attached hydrogen (secondary N) is 1. The Hall–Kier alpha value is -3.26. The van der Waals surface area contributed by atoms with Crippen LogP contribution in [-0.4, -0.2) is 36.4 Å². The highest BCUT2D eigenvalue weighted by molar-refractivity contribution is 7.91. The Morgan fingerprint density at radius 3 is 2.30 bits per heavy atom. The van der Waals surface area contributed by atoms with E-state index >= 15 is 0 Å². The molecule has 0 atom stereocenters. The van der Waals surface area contributed by atoms with Crippen LogP contribution in [0.3, 0.4) is 0 Å². The molecule has 0 aliphatic rings. The highest BCUT2D eigenvalue weighted by atomic mass is 32.2. The van der Waals surface area contributed by atoms with Crippen molar-refractivity contribution in [3.05, 3.63) is 83.2 Å². The highest BCUT2D eigenvalue weighted by Crippen LogP contribution is 2.14. The van der Waals surface area contributed by atoms with Gasteiger partial charge < -0.3 is 5.32 Å². The molecule has 156 valence electrons. The van der Waals surface area contributed by atoms with Crippen molar-refractivity contribution in [3.8, 4) is 11.3 Å². The van der Waals surface area contributed by atoms with E-state index in [-0.39, 0.29) is 28.5 Å². The van der Waals surface area contributed by atoms with Crippen LogP contribution in [0.5, 0.6) is 0 Å². The molecule has 0 aliphatic carbocycles. The standard InChI is InChI=1S/C22H23N3O4S/c26-21(14-17-30(28,29)19-10-5-2-6-11-19)23-15-7-16-25-22(27)13-12-20(24-25)18-8-3-1-4-9-18/h1-6,8-13H,7,14-17H2,(H,23,26). The molecule has 1 N–H and O–H groups in total. The van der Waals surface area contributed by atoms with E-state index in [0.29, 0.717) is 25.2 Å². The second-order valence-corrected chi connectivity index (χ2v) is 8.84. The lowest BCUT2D eigenvalue weighted by atomic mass is 10.1. The minimum absolute atomic E-state index is 0.112. The molecule has 8 heteroatoms. The number of benzene rings is 2. The summed E-state index contributed by atoms with van der Waals surface area (Å²) < 4.78 is 25.8. The Morgan fingerprint density at radius 1 is 0.933 bits per heavy atom. The van der Waals surface area contributed by atoms with Crippen molar-refractivity contribution in [2.75, 3.05) is 12.3 Å². The number of hydrogen-bond donors (Lipinski definition) is 1. The van der Waals surface area contributed by atoms with Crippen LogP contribution in [0.4, 0.5) is 0 Å². The molecule has 0 saturated carbocycles. The van der Waals surface area contributed by atoms with Crippen molar-refractivity contribution in [1.29, 1.82) is 0 Å². The van der Waals surface area contributed by atoms with Gasteiger partial charge >= 0.3 is 0 Å². The fraction of sp³-hybridized carbons (Fsp3) is 0.227. The molecule has 1 amide bonds. The van der Waals surface area contributed by atoms with Gasteiger partial charge in [-0.15, -0.1) is 0 Å². The first-order valence-corrected chi connectivity index (χ1v) is 11.3. The third kappa shape index (κ3) is 5.87. The number of amides is 1. The molecule has 0 fully saturated rings. The lowest BCUT2D eigenvalue weighted by Crippen LogP contribution is -2.29. The summed E-state index contributed by atoms with van der Waals surface area (Å²) in [4.78, 5) is 24.2. The lowest BCUT2D eigenvalue weighted by molar-refractivity contribution is -0.120. The third-order valence-electron chi connectivity index (χ3n) is 4.51. The van der Waals surface area contributed by atoms with Gasteiger partial charge in [-0.3, -0.25) is 9.59 Å². The normalized spacial score (nSPS) is 11.2. The predicted molar refractivity (Wildman–Crippen MR) is 115 cm³/mol. The number of carbonyl (C=O) groups excluding carboxylic acids is 1. The SMILES string of the molecule is O=C(CCS(=O)(=O)c1ccccc1)NCCCn1nc(-c2ccccc2)ccc1=O. The minimum Gasteiger partial charge on any atom is -0.356 e. The van der Waals surface area contributed by atoms with Gasteiger partial charge in [0.2, 0.25) is 5.91 Å². The Kier molecular flexibility index (Phi) is 7.13. The molecule has 0 saturated heterocycles. The van der Waals surface area contributed by atoms with Crippen LogP contribution < -0.4 is 10.9 Å². The quantitative estimate of drug-likeness (QED) is 0.531. The Balaban J connectivity index is 1.47. The van der Waals surface area contributed by atoms with E-state index in [0.717, 1.165) is 5.56 Å². The fourth-order valence-electron chi connectivity index (χ4n) is 2.89. The van der Waals surface area contributed by atoms with Crippen molar-refractivity contribution < 1.29 is 13.2 Å². The van der Waals surface area contributed by atoms with Crippen LogP contribution >= 0.6 is 0 Å². The van der Waals surface area contributed by atoms with Gasteiger partial charge in [-0.1, -0.05) is 48.5 Å². The molecule has 3 aromatic rings. The van der Waals surface area contributed by atoms with Gasteiger partial charge in [0.05, 0.1) is 16.3 Å². The van der Waals surface area contributed by atoms with E-state index in [1.165, 1.54) is 22.9 Å². The molecule has 0 spiro atoms. The second-order valence-electron chi connectivity index (χ2n) is 6.73. The van der Waals surface area contributed by atoms with Gasteiger partial charge in [-0.05, 0) is 24.6 Å². The van der Waals surface area contributed by atoms with E-state index in [2.05, 4.69) is 10.4 Å². The summed E-state index contributed by atoms with van der Waals surface area (Å²) in [6.45, 7) is 0.677. The largest absolute Gasteiger partial charge is 0.356 e. The minimum atomic E-state index is -3.48. The molecule has 1 aromatic heterocycles. The Bertz CT molecular complexity index is 1140. The maximum absolute atomic E-state index is 12.2. The van der Waals surface area contributed by atoms with E-state index in [1.54, 1.807) is 24.3 Å². The van der Waals surface area contributed by atoms with E-state index in [4.69, 9.17) is 0 Å². The molecule has 0 bridgehead atoms. The first-order chi connectivity index (χ1) is 14.5. The molecule has 0 aliphatic heterocycles. The van der Waals surface area contributed by atoms with Crippen LogP contribution in [0.2, 0.25) is 0 Å². The summed E-state index contributed by atoms with van der Waals surface area (Å²) in [6, 6.07) is 20.8. The molecule has 3 rings (SSSR count). The number of sulfone groups is 1. The maximum atomic E-state index is 12.2. The molecule has 30 heavy (non-hydrogen) atoms. The van der Waals surface area contributed by atoms with Crippen molar-refractivity contribution in [2.45, 2.75) is 24.3 Å². The summed E-state index contributed by atoms with van der Waals surface area (Å²) in [5.41, 5.74) is 1.40. The van der Waals surface area contributed by atoms with E-state index < -0.39 is 9.84 Å². The van der Waals surface area contributed by atoms with Crippen LogP contribution in [0.25, 0.3) is 11.3 Å². The Morgan fingerprint density at radius 2 is 1.60 bits per heavy atom. The zero-order valence-corrected chi connectivity index (χ0v) is 17.2. The van der Waals surface area contributed by atoms with Gasteiger partial charge in [0.1, 0.15) is 0 Å². The average molecular weight is 426 g/mol. The summed E-state index contributed by atoms with van der Waals surface area (Å²) in [5, 5.41) is 7.07. The van der Waals surface area contributed by atoms with E-state index in [9.17, 15) is 18.0 Å². The fourth-order valence-corrected chi connectivity index (χ4v) is 4.15. The van der Waals surface area contributed by atoms with Gasteiger partial charge in [0.25, 0.3) is 5.56 Å². The number of aromatic nitrogens is 2. The van der Waals surface area contributed by atoms with Crippen LogP contribution in [0.1, 0.15) is 12.8 Å². The van der Waals surface area contributed by atoms with Crippen molar-refractivity contribution in [3.63, 3.8) is 0 Å². The zero-order chi connectivity index (χ0) is 21.4.